The van der Waals surface area contributed by atoms with Crippen LogP contribution in [0.3, 0.4) is 0 Å². The fraction of sp³-hybridized carbons (Fsp3) is 0.111. The van der Waals surface area contributed by atoms with E-state index in [-0.39, 0.29) is 25.0 Å². The van der Waals surface area contributed by atoms with Gasteiger partial charge in [-0.3, -0.25) is 9.59 Å². The maximum Gasteiger partial charge on any atom is 0.261 e. The molecule has 0 aromatic heterocycles. The Morgan fingerprint density at radius 2 is 1.70 bits per heavy atom. The monoisotopic (exact) mass is 500 g/mol. The van der Waals surface area contributed by atoms with Crippen molar-refractivity contribution in [1.82, 2.24) is 4.90 Å². The van der Waals surface area contributed by atoms with Crippen LogP contribution in [0.5, 0.6) is 5.75 Å². The Kier molecular flexibility index (Phi) is 5.84. The number of carbonyl (C=O) groups excluding carboxylic acids is 2. The van der Waals surface area contributed by atoms with E-state index < -0.39 is 6.04 Å². The number of nitrogens with zero attached hydrogens (tertiary/aromatic N) is 1. The van der Waals surface area contributed by atoms with Crippen molar-refractivity contribution in [2.45, 2.75) is 6.04 Å². The highest BCUT2D eigenvalue weighted by Crippen LogP contribution is 2.37. The van der Waals surface area contributed by atoms with Crippen molar-refractivity contribution >= 4 is 44.2 Å². The Hall–Kier alpha value is -3.64. The predicted octanol–water partition coefficient (Wildman–Crippen LogP) is 5.55. The fourth-order valence-electron chi connectivity index (χ4n) is 4.19. The van der Waals surface area contributed by atoms with E-state index in [1.807, 2.05) is 91.0 Å². The Labute approximate surface area is 200 Å². The van der Waals surface area contributed by atoms with E-state index in [0.29, 0.717) is 11.4 Å². The van der Waals surface area contributed by atoms with Crippen molar-refractivity contribution in [3.63, 3.8) is 0 Å². The van der Waals surface area contributed by atoms with Gasteiger partial charge in [0.1, 0.15) is 12.3 Å². The number of anilines is 1. The smallest absolute Gasteiger partial charge is 0.261 e. The molecule has 5 rings (SSSR count). The summed E-state index contributed by atoms with van der Waals surface area (Å²) >= 11 is 3.53. The van der Waals surface area contributed by atoms with E-state index in [1.165, 1.54) is 0 Å². The average molecular weight is 501 g/mol. The number of hydrogen-bond donors (Lipinski definition) is 1. The van der Waals surface area contributed by atoms with Crippen molar-refractivity contribution < 1.29 is 14.3 Å². The molecule has 1 aliphatic rings. The number of halogens is 1. The molecule has 1 heterocycles. The van der Waals surface area contributed by atoms with Gasteiger partial charge in [-0.25, -0.2) is 0 Å². The molecular weight excluding hydrogens is 480 g/mol. The molecule has 1 N–H and O–H groups in total. The first-order chi connectivity index (χ1) is 16.1. The normalized spacial score (nSPS) is 15.5. The molecule has 5 nitrogen and oxygen atoms in total. The lowest BCUT2D eigenvalue weighted by molar-refractivity contribution is -0.138. The number of hydrogen-bond acceptors (Lipinski definition) is 3. The number of carbonyl (C=O) groups is 2. The van der Waals surface area contributed by atoms with Crippen LogP contribution in [0, 0.1) is 0 Å². The summed E-state index contributed by atoms with van der Waals surface area (Å²) in [5.41, 5.74) is 2.47. The van der Waals surface area contributed by atoms with Gasteiger partial charge >= 0.3 is 0 Å². The lowest BCUT2D eigenvalue weighted by atomic mass is 9.96. The molecule has 6 heteroatoms. The van der Waals surface area contributed by atoms with Crippen molar-refractivity contribution in [3.05, 3.63) is 107 Å². The highest BCUT2D eigenvalue weighted by molar-refractivity contribution is 9.10. The van der Waals surface area contributed by atoms with E-state index >= 15 is 0 Å². The molecule has 1 aliphatic heterocycles. The zero-order chi connectivity index (χ0) is 22.8. The Morgan fingerprint density at radius 3 is 2.52 bits per heavy atom. The molecule has 1 atom stereocenters. The summed E-state index contributed by atoms with van der Waals surface area (Å²) < 4.78 is 6.74. The summed E-state index contributed by atoms with van der Waals surface area (Å²) in [6, 6.07) is 28.7. The van der Waals surface area contributed by atoms with Gasteiger partial charge in [-0.1, -0.05) is 76.6 Å². The minimum absolute atomic E-state index is 0.0637. The number of benzene rings is 4. The quantitative estimate of drug-likeness (QED) is 0.399. The summed E-state index contributed by atoms with van der Waals surface area (Å²) in [4.78, 5) is 27.7. The Balaban J connectivity index is 1.47. The van der Waals surface area contributed by atoms with Gasteiger partial charge in [0.25, 0.3) is 5.91 Å². The molecule has 0 spiro atoms. The zero-order valence-corrected chi connectivity index (χ0v) is 19.3. The van der Waals surface area contributed by atoms with Gasteiger partial charge in [-0.2, -0.15) is 0 Å². The summed E-state index contributed by atoms with van der Waals surface area (Å²) in [5.74, 6) is 0.108. The molecule has 0 fully saturated rings. The molecule has 0 saturated heterocycles. The molecular formula is C27H21BrN2O3. The molecule has 0 bridgehead atoms. The Morgan fingerprint density at radius 1 is 0.939 bits per heavy atom. The van der Waals surface area contributed by atoms with Crippen LogP contribution in [-0.4, -0.2) is 29.9 Å². The van der Waals surface area contributed by atoms with Crippen molar-refractivity contribution in [1.29, 1.82) is 0 Å². The number of rotatable bonds is 4. The second-order valence-corrected chi connectivity index (χ2v) is 8.83. The minimum atomic E-state index is -0.426. The van der Waals surface area contributed by atoms with E-state index in [1.54, 1.807) is 4.90 Å². The molecule has 0 aliphatic carbocycles. The van der Waals surface area contributed by atoms with Gasteiger partial charge in [-0.15, -0.1) is 0 Å². The van der Waals surface area contributed by atoms with Gasteiger partial charge in [0.2, 0.25) is 5.91 Å². The van der Waals surface area contributed by atoms with Crippen molar-refractivity contribution in [2.75, 3.05) is 18.5 Å². The molecule has 33 heavy (non-hydrogen) atoms. The second kappa shape index (κ2) is 9.08. The number of fused-ring (bicyclic) bond motifs is 2. The molecule has 4 aromatic carbocycles. The van der Waals surface area contributed by atoms with Gasteiger partial charge in [0.05, 0.1) is 6.04 Å². The van der Waals surface area contributed by atoms with Crippen molar-refractivity contribution in [2.24, 2.45) is 0 Å². The topological polar surface area (TPSA) is 58.6 Å². The lowest BCUT2D eigenvalue weighted by Crippen LogP contribution is -2.41. The van der Waals surface area contributed by atoms with Gasteiger partial charge in [0.15, 0.2) is 6.61 Å². The van der Waals surface area contributed by atoms with Crippen LogP contribution in [0.4, 0.5) is 5.69 Å². The van der Waals surface area contributed by atoms with Crippen LogP contribution in [0.15, 0.2) is 95.5 Å². The third kappa shape index (κ3) is 4.47. The highest BCUT2D eigenvalue weighted by Gasteiger charge is 2.33. The highest BCUT2D eigenvalue weighted by atomic mass is 79.9. The number of nitrogens with one attached hydrogen (secondary N) is 1. The van der Waals surface area contributed by atoms with E-state index in [2.05, 4.69) is 21.2 Å². The number of ether oxygens (including phenoxy) is 1. The Bertz CT molecular complexity index is 1340. The summed E-state index contributed by atoms with van der Waals surface area (Å²) in [7, 11) is 0. The van der Waals surface area contributed by atoms with Crippen molar-refractivity contribution in [3.8, 4) is 5.75 Å². The summed E-state index contributed by atoms with van der Waals surface area (Å²) in [6.07, 6.45) is 0. The van der Waals surface area contributed by atoms with Crippen LogP contribution in [-0.2, 0) is 9.59 Å². The molecule has 4 aromatic rings. The SMILES string of the molecule is O=C1CN(C(=O)COc2ccc3ccccc3c2)C(c2ccccc2)c2cc(Br)ccc2N1. The lowest BCUT2D eigenvalue weighted by Gasteiger charge is -2.30. The first-order valence-electron chi connectivity index (χ1n) is 10.6. The molecule has 0 radical (unpaired) electrons. The van der Waals surface area contributed by atoms with Gasteiger partial charge in [-0.05, 0) is 46.7 Å². The molecule has 164 valence electrons. The van der Waals surface area contributed by atoms with Crippen LogP contribution >= 0.6 is 15.9 Å². The standard InChI is InChI=1S/C27H21BrN2O3/c28-21-11-13-24-23(15-21)27(19-7-2-1-3-8-19)30(16-25(31)29-24)26(32)17-33-22-12-10-18-6-4-5-9-20(18)14-22/h1-15,27H,16-17H2,(H,29,31). The predicted molar refractivity (Wildman–Crippen MR) is 132 cm³/mol. The summed E-state index contributed by atoms with van der Waals surface area (Å²) in [6.45, 7) is -0.232. The van der Waals surface area contributed by atoms with E-state index in [0.717, 1.165) is 26.4 Å². The van der Waals surface area contributed by atoms with E-state index in [9.17, 15) is 9.59 Å². The maximum atomic E-state index is 13.4. The summed E-state index contributed by atoms with van der Waals surface area (Å²) in [5, 5.41) is 5.08. The molecule has 1 unspecified atom stereocenters. The second-order valence-electron chi connectivity index (χ2n) is 7.91. The first kappa shape index (κ1) is 21.2. The van der Waals surface area contributed by atoms with Crippen LogP contribution in [0.25, 0.3) is 10.8 Å². The molecule has 0 saturated carbocycles. The molecule has 2 amide bonds. The first-order valence-corrected chi connectivity index (χ1v) is 11.4. The average Bonchev–Trinajstić information content (AvgIpc) is 2.98. The van der Waals surface area contributed by atoms with Gasteiger partial charge in [0, 0.05) is 15.7 Å². The largest absolute Gasteiger partial charge is 0.484 e. The number of amides is 2. The fourth-order valence-corrected chi connectivity index (χ4v) is 4.57. The van der Waals surface area contributed by atoms with E-state index in [4.69, 9.17) is 4.74 Å². The van der Waals surface area contributed by atoms with Crippen LogP contribution in [0.1, 0.15) is 17.2 Å². The van der Waals surface area contributed by atoms with Crippen LogP contribution in [0.2, 0.25) is 0 Å². The maximum absolute atomic E-state index is 13.4. The van der Waals surface area contributed by atoms with Crippen LogP contribution < -0.4 is 10.1 Å². The van der Waals surface area contributed by atoms with Gasteiger partial charge < -0.3 is 15.0 Å². The third-order valence-corrected chi connectivity index (χ3v) is 6.22. The zero-order valence-electron chi connectivity index (χ0n) is 17.7. The minimum Gasteiger partial charge on any atom is -0.484 e. The third-order valence-electron chi connectivity index (χ3n) is 5.73.